The maximum absolute atomic E-state index is 3.83. The van der Waals surface area contributed by atoms with Gasteiger partial charge in [0.25, 0.3) is 0 Å². The van der Waals surface area contributed by atoms with E-state index in [-0.39, 0.29) is 0 Å². The summed E-state index contributed by atoms with van der Waals surface area (Å²) < 4.78 is 2.92. The van der Waals surface area contributed by atoms with Gasteiger partial charge in [-0.05, 0) is 59.1 Å². The average Bonchev–Trinajstić information content (AvgIpc) is 2.53. The van der Waals surface area contributed by atoms with Crippen molar-refractivity contribution in [3.8, 4) is 9.85 Å². The lowest BCUT2D eigenvalue weighted by Crippen LogP contribution is -2.15. The second-order valence-corrected chi connectivity index (χ2v) is 6.75. The Balaban J connectivity index is 1.71. The molecule has 1 saturated carbocycles. The van der Waals surface area contributed by atoms with Crippen molar-refractivity contribution in [2.24, 2.45) is 11.8 Å². The third kappa shape index (κ3) is 5.87. The number of aryl methyl sites for hydroxylation is 1. The van der Waals surface area contributed by atoms with Gasteiger partial charge in [-0.25, -0.2) is 0 Å². The van der Waals surface area contributed by atoms with Gasteiger partial charge in [-0.3, -0.25) is 0 Å². The van der Waals surface area contributed by atoms with E-state index in [1.54, 1.807) is 0 Å². The van der Waals surface area contributed by atoms with E-state index in [4.69, 9.17) is 0 Å². The highest BCUT2D eigenvalue weighted by molar-refractivity contribution is 14.1. The van der Waals surface area contributed by atoms with E-state index in [0.717, 1.165) is 17.4 Å². The fourth-order valence-electron chi connectivity index (χ4n) is 3.34. The average molecular weight is 392 g/mol. The predicted octanol–water partition coefficient (Wildman–Crippen LogP) is 6.14. The van der Waals surface area contributed by atoms with Crippen LogP contribution < -0.4 is 0 Å². The second-order valence-electron chi connectivity index (χ2n) is 6.21. The molecule has 0 aromatic heterocycles. The lowest BCUT2D eigenvalue weighted by molar-refractivity contribution is 0.254. The minimum Gasteiger partial charge on any atom is -0.103 e. The first-order chi connectivity index (χ1) is 10.3. The normalized spacial score (nSPS) is 21.4. The summed E-state index contributed by atoms with van der Waals surface area (Å²) in [4.78, 5) is 0. The van der Waals surface area contributed by atoms with Crippen molar-refractivity contribution < 1.29 is 0 Å². The van der Waals surface area contributed by atoms with Crippen LogP contribution in [0.15, 0.2) is 36.9 Å². The van der Waals surface area contributed by atoms with Gasteiger partial charge in [-0.2, -0.15) is 0 Å². The van der Waals surface area contributed by atoms with Crippen molar-refractivity contribution in [1.82, 2.24) is 0 Å². The Morgan fingerprint density at radius 2 is 1.67 bits per heavy atom. The fourth-order valence-corrected chi connectivity index (χ4v) is 3.65. The number of halogens is 1. The molecule has 0 N–H and O–H groups in total. The van der Waals surface area contributed by atoms with E-state index in [0.29, 0.717) is 0 Å². The van der Waals surface area contributed by atoms with Gasteiger partial charge in [0.15, 0.2) is 0 Å². The Morgan fingerprint density at radius 3 is 2.24 bits per heavy atom. The van der Waals surface area contributed by atoms with E-state index in [1.165, 1.54) is 56.9 Å². The van der Waals surface area contributed by atoms with Gasteiger partial charge in [0.2, 0.25) is 0 Å². The number of hydrogen-bond donors (Lipinski definition) is 0. The van der Waals surface area contributed by atoms with Gasteiger partial charge in [-0.15, -0.1) is 6.58 Å². The zero-order chi connectivity index (χ0) is 14.9. The third-order valence-electron chi connectivity index (χ3n) is 4.73. The maximum atomic E-state index is 3.83. The molecule has 0 nitrogen and oxygen atoms in total. The summed E-state index contributed by atoms with van der Waals surface area (Å²) >= 11 is 2.09. The number of allylic oxidation sites excluding steroid dienone is 1. The highest BCUT2D eigenvalue weighted by Gasteiger charge is 2.20. The number of benzene rings is 1. The Morgan fingerprint density at radius 1 is 1.05 bits per heavy atom. The molecule has 112 valence electrons. The zero-order valence-electron chi connectivity index (χ0n) is 12.8. The molecule has 0 radical (unpaired) electrons. The molecular formula is C20H25I. The van der Waals surface area contributed by atoms with Crippen molar-refractivity contribution >= 4 is 22.6 Å². The van der Waals surface area contributed by atoms with Crippen LogP contribution in [-0.2, 0) is 6.42 Å². The van der Waals surface area contributed by atoms with Crippen LogP contribution in [0.1, 0.15) is 56.1 Å². The molecular weight excluding hydrogens is 367 g/mol. The van der Waals surface area contributed by atoms with Crippen molar-refractivity contribution in [3.63, 3.8) is 0 Å². The van der Waals surface area contributed by atoms with Gasteiger partial charge in [-0.1, -0.05) is 49.8 Å². The minimum atomic E-state index is 0.943. The van der Waals surface area contributed by atoms with Crippen molar-refractivity contribution in [3.05, 3.63) is 48.0 Å². The first-order valence-electron chi connectivity index (χ1n) is 8.13. The van der Waals surface area contributed by atoms with Crippen LogP contribution in [0.2, 0.25) is 0 Å². The standard InChI is InChI=1S/C20H25I/c1-2-3-4-17-5-7-18(8-6-17)9-10-19-11-13-20(14-12-19)15-16-21/h2,11-14,17-18H,1,3-10H2. The van der Waals surface area contributed by atoms with E-state index >= 15 is 0 Å². The molecule has 0 aliphatic heterocycles. The summed E-state index contributed by atoms with van der Waals surface area (Å²) in [6, 6.07) is 8.78. The molecule has 2 rings (SSSR count). The third-order valence-corrected chi connectivity index (χ3v) is 5.00. The van der Waals surface area contributed by atoms with Gasteiger partial charge in [0, 0.05) is 28.2 Å². The SMILES string of the molecule is C=CCCC1CCC(CCc2ccc(C#CI)cc2)CC1. The molecule has 1 fully saturated rings. The van der Waals surface area contributed by atoms with Crippen LogP contribution in [0.4, 0.5) is 0 Å². The smallest absolute Gasteiger partial charge is 0.0253 e. The Hall–Kier alpha value is -0.750. The van der Waals surface area contributed by atoms with Crippen LogP contribution in [0.5, 0.6) is 0 Å². The monoisotopic (exact) mass is 392 g/mol. The number of hydrogen-bond acceptors (Lipinski definition) is 0. The summed E-state index contributed by atoms with van der Waals surface area (Å²) in [5, 5.41) is 0. The zero-order valence-corrected chi connectivity index (χ0v) is 14.9. The Labute approximate surface area is 143 Å². The molecule has 0 atom stereocenters. The molecule has 1 aromatic rings. The van der Waals surface area contributed by atoms with Crippen LogP contribution in [0.25, 0.3) is 0 Å². The van der Waals surface area contributed by atoms with Crippen LogP contribution in [0.3, 0.4) is 0 Å². The number of rotatable bonds is 6. The highest BCUT2D eigenvalue weighted by atomic mass is 127. The van der Waals surface area contributed by atoms with Crippen LogP contribution >= 0.6 is 22.6 Å². The largest absolute Gasteiger partial charge is 0.103 e. The summed E-state index contributed by atoms with van der Waals surface area (Å²) in [6.07, 6.45) is 12.9. The van der Waals surface area contributed by atoms with Crippen molar-refractivity contribution in [2.75, 3.05) is 0 Å². The van der Waals surface area contributed by atoms with E-state index in [2.05, 4.69) is 69.4 Å². The van der Waals surface area contributed by atoms with Gasteiger partial charge in [0.05, 0.1) is 0 Å². The summed E-state index contributed by atoms with van der Waals surface area (Å²) in [5.74, 6) is 5.00. The molecule has 0 bridgehead atoms. The first-order valence-corrected chi connectivity index (χ1v) is 9.21. The van der Waals surface area contributed by atoms with Gasteiger partial charge >= 0.3 is 0 Å². The molecule has 0 amide bonds. The summed E-state index contributed by atoms with van der Waals surface area (Å²) in [7, 11) is 0. The molecule has 1 heteroatoms. The maximum Gasteiger partial charge on any atom is 0.0253 e. The topological polar surface area (TPSA) is 0 Å². The van der Waals surface area contributed by atoms with Crippen molar-refractivity contribution in [1.29, 1.82) is 0 Å². The van der Waals surface area contributed by atoms with Crippen molar-refractivity contribution in [2.45, 2.75) is 51.4 Å². The molecule has 1 aliphatic rings. The molecule has 0 heterocycles. The lowest BCUT2D eigenvalue weighted by Gasteiger charge is -2.28. The highest BCUT2D eigenvalue weighted by Crippen LogP contribution is 2.33. The minimum absolute atomic E-state index is 0.943. The molecule has 21 heavy (non-hydrogen) atoms. The molecule has 0 spiro atoms. The van der Waals surface area contributed by atoms with Gasteiger partial charge < -0.3 is 0 Å². The predicted molar refractivity (Wildman–Crippen MR) is 101 cm³/mol. The van der Waals surface area contributed by atoms with Crippen LogP contribution in [-0.4, -0.2) is 0 Å². The Kier molecular flexibility index (Phi) is 7.36. The first kappa shape index (κ1) is 16.6. The van der Waals surface area contributed by atoms with Crippen LogP contribution in [0, 0.1) is 21.7 Å². The molecule has 1 aromatic carbocycles. The Bertz CT molecular complexity index is 481. The molecule has 1 aliphatic carbocycles. The second kappa shape index (κ2) is 9.30. The fraction of sp³-hybridized carbons (Fsp3) is 0.500. The van der Waals surface area contributed by atoms with Gasteiger partial charge in [0.1, 0.15) is 0 Å². The van der Waals surface area contributed by atoms with E-state index < -0.39 is 0 Å². The van der Waals surface area contributed by atoms with E-state index in [1.807, 2.05) is 0 Å². The quantitative estimate of drug-likeness (QED) is 0.310. The lowest BCUT2D eigenvalue weighted by atomic mass is 9.78. The molecule has 0 unspecified atom stereocenters. The summed E-state index contributed by atoms with van der Waals surface area (Å²) in [6.45, 7) is 3.83. The molecule has 0 saturated heterocycles. The summed E-state index contributed by atoms with van der Waals surface area (Å²) in [5.41, 5.74) is 2.58. The van der Waals surface area contributed by atoms with E-state index in [9.17, 15) is 0 Å².